The van der Waals surface area contributed by atoms with Crippen LogP contribution in [-0.2, 0) is 4.74 Å². The number of rotatable bonds is 4. The molecule has 0 saturated heterocycles. The molecule has 0 spiro atoms. The third kappa shape index (κ3) is 3.12. The van der Waals surface area contributed by atoms with Gasteiger partial charge in [0, 0.05) is 0 Å². The summed E-state index contributed by atoms with van der Waals surface area (Å²) in [5.74, 6) is 0.600. The van der Waals surface area contributed by atoms with Crippen LogP contribution < -0.4 is 9.47 Å². The SMILES string of the molecule is COC(=O)c1ccc(OC)c(Br)c1OC(C)C. The van der Waals surface area contributed by atoms with Gasteiger partial charge in [-0.25, -0.2) is 4.79 Å². The van der Waals surface area contributed by atoms with Gasteiger partial charge < -0.3 is 14.2 Å². The molecule has 0 bridgehead atoms. The van der Waals surface area contributed by atoms with Crippen molar-refractivity contribution < 1.29 is 19.0 Å². The van der Waals surface area contributed by atoms with Crippen LogP contribution in [0.5, 0.6) is 11.5 Å². The Morgan fingerprint density at radius 2 is 1.94 bits per heavy atom. The lowest BCUT2D eigenvalue weighted by Crippen LogP contribution is -2.12. The number of hydrogen-bond donors (Lipinski definition) is 0. The molecule has 1 aromatic carbocycles. The smallest absolute Gasteiger partial charge is 0.341 e. The van der Waals surface area contributed by atoms with Gasteiger partial charge in [-0.15, -0.1) is 0 Å². The molecule has 0 radical (unpaired) electrons. The van der Waals surface area contributed by atoms with Crippen molar-refractivity contribution in [2.24, 2.45) is 0 Å². The number of carbonyl (C=O) groups excluding carboxylic acids is 1. The zero-order chi connectivity index (χ0) is 13.0. The summed E-state index contributed by atoms with van der Waals surface area (Å²) in [6, 6.07) is 3.30. The van der Waals surface area contributed by atoms with Gasteiger partial charge >= 0.3 is 5.97 Å². The van der Waals surface area contributed by atoms with Crippen LogP contribution in [0.1, 0.15) is 24.2 Å². The Balaban J connectivity index is 3.30. The van der Waals surface area contributed by atoms with Crippen molar-refractivity contribution in [3.05, 3.63) is 22.2 Å². The minimum Gasteiger partial charge on any atom is -0.495 e. The van der Waals surface area contributed by atoms with Crippen molar-refractivity contribution in [2.75, 3.05) is 14.2 Å². The predicted octanol–water partition coefficient (Wildman–Crippen LogP) is 3.03. The van der Waals surface area contributed by atoms with E-state index in [1.165, 1.54) is 7.11 Å². The van der Waals surface area contributed by atoms with Gasteiger partial charge in [-0.1, -0.05) is 0 Å². The van der Waals surface area contributed by atoms with Crippen LogP contribution in [0, 0.1) is 0 Å². The van der Waals surface area contributed by atoms with Gasteiger partial charge in [-0.3, -0.25) is 0 Å². The standard InChI is InChI=1S/C12H15BrO4/c1-7(2)17-11-8(12(14)16-4)5-6-9(15-3)10(11)13/h5-7H,1-4H3. The summed E-state index contributed by atoms with van der Waals surface area (Å²) in [4.78, 5) is 11.6. The zero-order valence-corrected chi connectivity index (χ0v) is 11.8. The molecule has 0 aliphatic carbocycles. The maximum absolute atomic E-state index is 11.6. The molecule has 0 saturated carbocycles. The summed E-state index contributed by atoms with van der Waals surface area (Å²) >= 11 is 3.36. The molecular weight excluding hydrogens is 288 g/mol. The first-order valence-corrected chi connectivity index (χ1v) is 5.92. The molecule has 4 nitrogen and oxygen atoms in total. The van der Waals surface area contributed by atoms with E-state index in [9.17, 15) is 4.79 Å². The fraction of sp³-hybridized carbons (Fsp3) is 0.417. The van der Waals surface area contributed by atoms with Crippen LogP contribution in [0.3, 0.4) is 0 Å². The molecule has 0 amide bonds. The molecule has 94 valence electrons. The molecule has 0 atom stereocenters. The van der Waals surface area contributed by atoms with Crippen LogP contribution in [0.15, 0.2) is 16.6 Å². The van der Waals surface area contributed by atoms with Crippen molar-refractivity contribution in [3.63, 3.8) is 0 Å². The van der Waals surface area contributed by atoms with Gasteiger partial charge in [0.05, 0.1) is 20.3 Å². The highest BCUT2D eigenvalue weighted by atomic mass is 79.9. The molecule has 0 N–H and O–H groups in total. The number of carbonyl (C=O) groups is 1. The summed E-state index contributed by atoms with van der Waals surface area (Å²) in [6.07, 6.45) is -0.0539. The Labute approximate surface area is 109 Å². The second kappa shape index (κ2) is 5.91. The fourth-order valence-corrected chi connectivity index (χ4v) is 1.92. The van der Waals surface area contributed by atoms with Crippen molar-refractivity contribution in [1.29, 1.82) is 0 Å². The average Bonchev–Trinajstić information content (AvgIpc) is 2.30. The van der Waals surface area contributed by atoms with E-state index in [-0.39, 0.29) is 6.10 Å². The molecule has 0 aromatic heterocycles. The van der Waals surface area contributed by atoms with Crippen LogP contribution >= 0.6 is 15.9 Å². The molecule has 0 heterocycles. The van der Waals surface area contributed by atoms with Crippen molar-refractivity contribution in [1.82, 2.24) is 0 Å². The minimum atomic E-state index is -0.441. The summed E-state index contributed by atoms with van der Waals surface area (Å²) in [5.41, 5.74) is 0.369. The molecule has 5 heteroatoms. The van der Waals surface area contributed by atoms with Gasteiger partial charge in [-0.2, -0.15) is 0 Å². The molecule has 0 fully saturated rings. The summed E-state index contributed by atoms with van der Waals surface area (Å²) in [5, 5.41) is 0. The maximum atomic E-state index is 11.6. The molecule has 0 unspecified atom stereocenters. The quantitative estimate of drug-likeness (QED) is 0.802. The number of hydrogen-bond acceptors (Lipinski definition) is 4. The van der Waals surface area contributed by atoms with E-state index in [2.05, 4.69) is 15.9 Å². The Morgan fingerprint density at radius 1 is 1.29 bits per heavy atom. The summed E-state index contributed by atoms with van der Waals surface area (Å²) in [6.45, 7) is 3.76. The van der Waals surface area contributed by atoms with E-state index < -0.39 is 5.97 Å². The fourth-order valence-electron chi connectivity index (χ4n) is 1.32. The Bertz CT molecular complexity index is 415. The topological polar surface area (TPSA) is 44.8 Å². The number of methoxy groups -OCH3 is 2. The van der Waals surface area contributed by atoms with E-state index in [4.69, 9.17) is 14.2 Å². The second-order valence-corrected chi connectivity index (χ2v) is 4.41. The largest absolute Gasteiger partial charge is 0.495 e. The second-order valence-electron chi connectivity index (χ2n) is 3.62. The van der Waals surface area contributed by atoms with E-state index in [1.807, 2.05) is 13.8 Å². The van der Waals surface area contributed by atoms with E-state index in [1.54, 1.807) is 19.2 Å². The highest BCUT2D eigenvalue weighted by molar-refractivity contribution is 9.10. The Hall–Kier alpha value is -1.23. The van der Waals surface area contributed by atoms with E-state index >= 15 is 0 Å². The van der Waals surface area contributed by atoms with Gasteiger partial charge in [0.1, 0.15) is 15.8 Å². The van der Waals surface area contributed by atoms with Gasteiger partial charge in [-0.05, 0) is 41.9 Å². The lowest BCUT2D eigenvalue weighted by molar-refractivity contribution is 0.0594. The van der Waals surface area contributed by atoms with Gasteiger partial charge in [0.15, 0.2) is 5.75 Å². The van der Waals surface area contributed by atoms with Crippen LogP contribution in [0.2, 0.25) is 0 Å². The average molecular weight is 303 g/mol. The van der Waals surface area contributed by atoms with Crippen LogP contribution in [0.25, 0.3) is 0 Å². The molecule has 17 heavy (non-hydrogen) atoms. The first kappa shape index (κ1) is 13.8. The van der Waals surface area contributed by atoms with Gasteiger partial charge in [0.25, 0.3) is 0 Å². The molecule has 1 rings (SSSR count). The Kier molecular flexibility index (Phi) is 4.81. The van der Waals surface area contributed by atoms with Crippen molar-refractivity contribution in [2.45, 2.75) is 20.0 Å². The highest BCUT2D eigenvalue weighted by Gasteiger charge is 2.20. The number of ether oxygens (including phenoxy) is 3. The first-order chi connectivity index (χ1) is 8.01. The van der Waals surface area contributed by atoms with Crippen LogP contribution in [0.4, 0.5) is 0 Å². The highest BCUT2D eigenvalue weighted by Crippen LogP contribution is 2.38. The Morgan fingerprint density at radius 3 is 2.41 bits per heavy atom. The number of benzene rings is 1. The minimum absolute atomic E-state index is 0.0539. The molecule has 1 aromatic rings. The lowest BCUT2D eigenvalue weighted by Gasteiger charge is -2.16. The predicted molar refractivity (Wildman–Crippen MR) is 67.8 cm³/mol. The van der Waals surface area contributed by atoms with E-state index in [0.29, 0.717) is 21.5 Å². The number of halogens is 1. The molecule has 0 aliphatic rings. The van der Waals surface area contributed by atoms with Crippen LogP contribution in [-0.4, -0.2) is 26.3 Å². The normalized spacial score (nSPS) is 10.2. The third-order valence-corrected chi connectivity index (χ3v) is 2.79. The monoisotopic (exact) mass is 302 g/mol. The molecular formula is C12H15BrO4. The van der Waals surface area contributed by atoms with Crippen molar-refractivity contribution in [3.8, 4) is 11.5 Å². The zero-order valence-electron chi connectivity index (χ0n) is 10.2. The van der Waals surface area contributed by atoms with E-state index in [0.717, 1.165) is 0 Å². The lowest BCUT2D eigenvalue weighted by atomic mass is 10.2. The summed E-state index contributed by atoms with van der Waals surface area (Å²) in [7, 11) is 2.89. The molecule has 0 aliphatic heterocycles. The first-order valence-electron chi connectivity index (χ1n) is 5.12. The summed E-state index contributed by atoms with van der Waals surface area (Å²) < 4.78 is 16.1. The third-order valence-electron chi connectivity index (χ3n) is 2.04. The van der Waals surface area contributed by atoms with Gasteiger partial charge in [0.2, 0.25) is 0 Å². The number of esters is 1. The van der Waals surface area contributed by atoms with Crippen molar-refractivity contribution >= 4 is 21.9 Å². The maximum Gasteiger partial charge on any atom is 0.341 e.